The van der Waals surface area contributed by atoms with Crippen molar-refractivity contribution in [1.82, 2.24) is 0 Å². The van der Waals surface area contributed by atoms with Crippen LogP contribution in [0.5, 0.6) is 0 Å². The van der Waals surface area contributed by atoms with Gasteiger partial charge in [-0.25, -0.2) is 9.18 Å². The van der Waals surface area contributed by atoms with Crippen molar-refractivity contribution >= 4 is 17.5 Å². The van der Waals surface area contributed by atoms with Crippen molar-refractivity contribution in [3.05, 3.63) is 59.7 Å². The fourth-order valence-electron chi connectivity index (χ4n) is 8.30. The van der Waals surface area contributed by atoms with Crippen LogP contribution in [0.4, 0.5) is 4.39 Å². The molecule has 192 valence electrons. The lowest BCUT2D eigenvalue weighted by Crippen LogP contribution is -2.70. The second kappa shape index (κ2) is 8.18. The minimum atomic E-state index is -2.06. The number of aliphatic hydroxyl groups is 2. The number of rotatable bonds is 4. The molecule has 5 rings (SSSR count). The first-order valence-corrected chi connectivity index (χ1v) is 12.7. The summed E-state index contributed by atoms with van der Waals surface area (Å²) in [5.41, 5.74) is -5.06. The first-order valence-electron chi connectivity index (χ1n) is 12.7. The number of alkyl halides is 1. The van der Waals surface area contributed by atoms with Crippen LogP contribution in [0.25, 0.3) is 0 Å². The van der Waals surface area contributed by atoms with Crippen molar-refractivity contribution in [3.8, 4) is 0 Å². The lowest BCUT2D eigenvalue weighted by molar-refractivity contribution is -0.219. The summed E-state index contributed by atoms with van der Waals surface area (Å²) in [5, 5.41) is 21.5. The third kappa shape index (κ3) is 2.99. The number of aliphatic hydroxyl groups excluding tert-OH is 2. The minimum absolute atomic E-state index is 0.118. The molecule has 36 heavy (non-hydrogen) atoms. The highest BCUT2D eigenvalue weighted by molar-refractivity contribution is 6.01. The van der Waals surface area contributed by atoms with Crippen LogP contribution in [-0.2, 0) is 14.3 Å². The number of benzene rings is 1. The quantitative estimate of drug-likeness (QED) is 0.616. The number of carbonyl (C=O) groups is 3. The van der Waals surface area contributed by atoms with Crippen LogP contribution in [-0.4, -0.2) is 51.7 Å². The lowest BCUT2D eigenvalue weighted by Gasteiger charge is -2.62. The molecule has 6 nitrogen and oxygen atoms in total. The van der Waals surface area contributed by atoms with Gasteiger partial charge >= 0.3 is 5.97 Å². The number of Topliss-reactive ketones (excluding diaryl/α,β-unsaturated/α-hetero) is 1. The number of hydrogen-bond acceptors (Lipinski definition) is 6. The summed E-state index contributed by atoms with van der Waals surface area (Å²) in [7, 11) is 0. The van der Waals surface area contributed by atoms with Gasteiger partial charge in [-0.3, -0.25) is 9.59 Å². The van der Waals surface area contributed by atoms with Crippen molar-refractivity contribution in [3.63, 3.8) is 0 Å². The average Bonchev–Trinajstić information content (AvgIpc) is 3.07. The van der Waals surface area contributed by atoms with E-state index in [0.29, 0.717) is 24.8 Å². The maximum Gasteiger partial charge on any atom is 0.339 e. The molecule has 4 aliphatic rings. The van der Waals surface area contributed by atoms with Crippen molar-refractivity contribution in [2.75, 3.05) is 6.61 Å². The lowest BCUT2D eigenvalue weighted by atomic mass is 9.44. The van der Waals surface area contributed by atoms with Crippen LogP contribution < -0.4 is 0 Å². The highest BCUT2D eigenvalue weighted by Crippen LogP contribution is 2.71. The molecule has 7 heteroatoms. The van der Waals surface area contributed by atoms with Crippen molar-refractivity contribution < 1.29 is 33.7 Å². The first-order chi connectivity index (χ1) is 17.0. The fraction of sp³-hybridized carbons (Fsp3) is 0.552. The Morgan fingerprint density at radius 2 is 1.86 bits per heavy atom. The molecule has 0 aromatic heterocycles. The standard InChI is InChI=1S/C29H33FO6/c1-17-13-22-21-10-9-19-14-20(32)11-12-26(19,2)28(21,30)23(33)15-27(22,3)29(17,24(34)16-31)36-25(35)18-7-5-4-6-8-18/h4-8,11-12,14,17,21-23,31,33H,9-10,13,15-16H2,1-3H3/t17-,21-,22-,23?,26-,27-,28-,29-/m0/s1. The molecule has 0 aliphatic heterocycles. The number of ether oxygens (including phenoxy) is 1. The molecule has 0 heterocycles. The van der Waals surface area contributed by atoms with E-state index in [-0.39, 0.29) is 23.7 Å². The van der Waals surface area contributed by atoms with E-state index in [2.05, 4.69) is 0 Å². The molecule has 0 radical (unpaired) electrons. The smallest absolute Gasteiger partial charge is 0.339 e. The number of esters is 1. The zero-order valence-corrected chi connectivity index (χ0v) is 20.9. The maximum atomic E-state index is 17.4. The normalized spacial score (nSPS) is 43.2. The Kier molecular flexibility index (Phi) is 5.69. The molecule has 1 aromatic carbocycles. The van der Waals surface area contributed by atoms with Gasteiger partial charge in [0.05, 0.1) is 11.7 Å². The van der Waals surface area contributed by atoms with Crippen molar-refractivity contribution in [1.29, 1.82) is 0 Å². The summed E-state index contributed by atoms with van der Waals surface area (Å²) in [6, 6.07) is 8.33. The Bertz CT molecular complexity index is 1180. The van der Waals surface area contributed by atoms with Gasteiger partial charge in [-0.15, -0.1) is 0 Å². The number of halogens is 1. The number of hydrogen-bond donors (Lipinski definition) is 2. The Balaban J connectivity index is 1.61. The van der Waals surface area contributed by atoms with Gasteiger partial charge in [0.2, 0.25) is 5.78 Å². The molecular formula is C29H33FO6. The molecule has 0 spiro atoms. The zero-order chi connectivity index (χ0) is 26.1. The first kappa shape index (κ1) is 25.0. The number of allylic oxidation sites excluding steroid dienone is 4. The molecular weight excluding hydrogens is 463 g/mol. The highest BCUT2D eigenvalue weighted by atomic mass is 19.1. The van der Waals surface area contributed by atoms with Crippen LogP contribution in [0.15, 0.2) is 54.1 Å². The van der Waals surface area contributed by atoms with Crippen LogP contribution in [0, 0.1) is 28.6 Å². The molecule has 2 N–H and O–H groups in total. The van der Waals surface area contributed by atoms with Gasteiger partial charge in [0, 0.05) is 22.7 Å². The number of fused-ring (bicyclic) bond motifs is 5. The SMILES string of the molecule is C[C@H]1C[C@H]2[C@@H]3CCC4=CC(=O)C=C[C@]4(C)[C@@]3(F)C(O)C[C@]2(C)[C@@]1(OC(=O)c1ccccc1)C(=O)CO. The second-order valence-corrected chi connectivity index (χ2v) is 11.5. The average molecular weight is 497 g/mol. The molecule has 0 saturated heterocycles. The number of carbonyl (C=O) groups excluding carboxylic acids is 3. The fourth-order valence-corrected chi connectivity index (χ4v) is 8.30. The van der Waals surface area contributed by atoms with E-state index in [1.165, 1.54) is 12.2 Å². The highest BCUT2D eigenvalue weighted by Gasteiger charge is 2.77. The van der Waals surface area contributed by atoms with E-state index >= 15 is 4.39 Å². The Morgan fingerprint density at radius 3 is 2.53 bits per heavy atom. The van der Waals surface area contributed by atoms with Crippen LogP contribution >= 0.6 is 0 Å². The molecule has 0 amide bonds. The zero-order valence-electron chi connectivity index (χ0n) is 20.9. The second-order valence-electron chi connectivity index (χ2n) is 11.5. The Morgan fingerprint density at radius 1 is 1.17 bits per heavy atom. The molecule has 1 aromatic rings. The predicted octanol–water partition coefficient (Wildman–Crippen LogP) is 3.76. The van der Waals surface area contributed by atoms with Gasteiger partial charge in [-0.05, 0) is 62.8 Å². The third-order valence-electron chi connectivity index (χ3n) is 10.0. The Hall–Kier alpha value is -2.64. The van der Waals surface area contributed by atoms with Crippen LogP contribution in [0.3, 0.4) is 0 Å². The van der Waals surface area contributed by atoms with Gasteiger partial charge < -0.3 is 14.9 Å². The van der Waals surface area contributed by atoms with Crippen LogP contribution in [0.1, 0.15) is 56.8 Å². The van der Waals surface area contributed by atoms with Gasteiger partial charge in [0.25, 0.3) is 0 Å². The van der Waals surface area contributed by atoms with Crippen molar-refractivity contribution in [2.24, 2.45) is 28.6 Å². The summed E-state index contributed by atoms with van der Waals surface area (Å²) in [4.78, 5) is 38.8. The minimum Gasteiger partial charge on any atom is -0.446 e. The van der Waals surface area contributed by atoms with E-state index in [1.54, 1.807) is 57.2 Å². The van der Waals surface area contributed by atoms with E-state index < -0.39 is 58.4 Å². The predicted molar refractivity (Wildman–Crippen MR) is 130 cm³/mol. The van der Waals surface area contributed by atoms with Gasteiger partial charge in [-0.1, -0.05) is 43.7 Å². The largest absolute Gasteiger partial charge is 0.446 e. The molecule has 3 fully saturated rings. The van der Waals surface area contributed by atoms with E-state index in [0.717, 1.165) is 0 Å². The summed E-state index contributed by atoms with van der Waals surface area (Å²) in [6.07, 6.45) is 4.16. The maximum absolute atomic E-state index is 17.4. The Labute approximate surface area is 210 Å². The van der Waals surface area contributed by atoms with Crippen molar-refractivity contribution in [2.45, 2.75) is 63.8 Å². The molecule has 3 saturated carbocycles. The van der Waals surface area contributed by atoms with E-state index in [1.807, 2.05) is 0 Å². The topological polar surface area (TPSA) is 101 Å². The van der Waals surface area contributed by atoms with Gasteiger partial charge in [-0.2, -0.15) is 0 Å². The van der Waals surface area contributed by atoms with E-state index in [9.17, 15) is 24.6 Å². The van der Waals surface area contributed by atoms with Gasteiger partial charge in [0.15, 0.2) is 17.1 Å². The summed E-state index contributed by atoms with van der Waals surface area (Å²) in [5.74, 6) is -3.01. The monoisotopic (exact) mass is 496 g/mol. The number of ketones is 2. The molecule has 8 atom stereocenters. The van der Waals surface area contributed by atoms with Gasteiger partial charge in [0.1, 0.15) is 6.61 Å². The molecule has 4 aliphatic carbocycles. The van der Waals surface area contributed by atoms with E-state index in [4.69, 9.17) is 4.74 Å². The molecule has 1 unspecified atom stereocenters. The summed E-state index contributed by atoms with van der Waals surface area (Å²) < 4.78 is 23.4. The van der Waals surface area contributed by atoms with Crippen LogP contribution in [0.2, 0.25) is 0 Å². The molecule has 0 bridgehead atoms. The summed E-state index contributed by atoms with van der Waals surface area (Å²) in [6.45, 7) is 4.51. The third-order valence-corrected chi connectivity index (χ3v) is 10.0. The summed E-state index contributed by atoms with van der Waals surface area (Å²) >= 11 is 0.